The first-order chi connectivity index (χ1) is 18.4. The number of aliphatic hydroxyl groups is 1. The van der Waals surface area contributed by atoms with Gasteiger partial charge < -0.3 is 24.1 Å². The van der Waals surface area contributed by atoms with E-state index in [1.165, 1.54) is 0 Å². The van der Waals surface area contributed by atoms with Crippen LogP contribution < -0.4 is 14.2 Å². The van der Waals surface area contributed by atoms with Crippen molar-refractivity contribution in [1.29, 1.82) is 0 Å². The van der Waals surface area contributed by atoms with E-state index in [1.807, 2.05) is 12.1 Å². The largest absolute Gasteiger partial charge is 0.494 e. The summed E-state index contributed by atoms with van der Waals surface area (Å²) in [6.07, 6.45) is 2.51. The molecule has 0 atom stereocenters. The summed E-state index contributed by atoms with van der Waals surface area (Å²) in [5, 5.41) is 8.95. The van der Waals surface area contributed by atoms with Gasteiger partial charge in [0.05, 0.1) is 31.0 Å². The summed E-state index contributed by atoms with van der Waals surface area (Å²) in [5.74, 6) is -0.277. The Hall–Kier alpha value is -4.69. The Labute approximate surface area is 220 Å². The molecule has 0 aliphatic carbocycles. The SMILES string of the molecule is C=CC(=O)OCCCCOc1ccc(C(=O)Oc2ccc(-c3ccc(OC(=O)C(=C)CO)cc3)cc2)cc1. The number of rotatable bonds is 13. The van der Waals surface area contributed by atoms with E-state index in [9.17, 15) is 14.4 Å². The molecule has 3 rings (SSSR count). The van der Waals surface area contributed by atoms with E-state index in [0.717, 1.165) is 17.2 Å². The highest BCUT2D eigenvalue weighted by Gasteiger charge is 2.11. The van der Waals surface area contributed by atoms with Gasteiger partial charge in [-0.1, -0.05) is 37.4 Å². The highest BCUT2D eigenvalue weighted by molar-refractivity contribution is 5.91. The molecule has 0 spiro atoms. The average Bonchev–Trinajstić information content (AvgIpc) is 2.95. The molecular formula is C30H28O8. The second-order valence-corrected chi connectivity index (χ2v) is 8.04. The molecule has 0 aliphatic heterocycles. The predicted molar refractivity (Wildman–Crippen MR) is 141 cm³/mol. The maximum absolute atomic E-state index is 12.5. The Morgan fingerprint density at radius 2 is 1.26 bits per heavy atom. The van der Waals surface area contributed by atoms with Crippen molar-refractivity contribution in [3.05, 3.63) is 103 Å². The molecule has 196 valence electrons. The van der Waals surface area contributed by atoms with E-state index < -0.39 is 24.5 Å². The van der Waals surface area contributed by atoms with Crippen LogP contribution in [0.1, 0.15) is 23.2 Å². The first-order valence-corrected chi connectivity index (χ1v) is 11.8. The van der Waals surface area contributed by atoms with Gasteiger partial charge >= 0.3 is 17.9 Å². The van der Waals surface area contributed by atoms with Gasteiger partial charge in [-0.05, 0) is 72.5 Å². The lowest BCUT2D eigenvalue weighted by Gasteiger charge is -2.09. The molecular weight excluding hydrogens is 488 g/mol. The number of aliphatic hydroxyl groups excluding tert-OH is 1. The molecule has 8 heteroatoms. The summed E-state index contributed by atoms with van der Waals surface area (Å²) in [6, 6.07) is 20.5. The van der Waals surface area contributed by atoms with Gasteiger partial charge in [0.25, 0.3) is 0 Å². The van der Waals surface area contributed by atoms with Gasteiger partial charge in [0, 0.05) is 6.08 Å². The quantitative estimate of drug-likeness (QED) is 0.148. The first kappa shape index (κ1) is 27.9. The summed E-state index contributed by atoms with van der Waals surface area (Å²) < 4.78 is 21.1. The fourth-order valence-electron chi connectivity index (χ4n) is 3.15. The lowest BCUT2D eigenvalue weighted by atomic mass is 10.1. The second-order valence-electron chi connectivity index (χ2n) is 8.04. The molecule has 0 amide bonds. The van der Waals surface area contributed by atoms with Crippen molar-refractivity contribution in [2.75, 3.05) is 19.8 Å². The fourth-order valence-corrected chi connectivity index (χ4v) is 3.15. The summed E-state index contributed by atoms with van der Waals surface area (Å²) in [6.45, 7) is 7.07. The molecule has 8 nitrogen and oxygen atoms in total. The van der Waals surface area contributed by atoms with Gasteiger partial charge in [0.2, 0.25) is 0 Å². The van der Waals surface area contributed by atoms with Crippen LogP contribution in [0.2, 0.25) is 0 Å². The summed E-state index contributed by atoms with van der Waals surface area (Å²) in [4.78, 5) is 35.2. The van der Waals surface area contributed by atoms with Gasteiger partial charge in [-0.25, -0.2) is 14.4 Å². The van der Waals surface area contributed by atoms with E-state index in [-0.39, 0.29) is 5.57 Å². The zero-order valence-corrected chi connectivity index (χ0v) is 20.8. The molecule has 3 aromatic carbocycles. The number of esters is 3. The van der Waals surface area contributed by atoms with Crippen molar-refractivity contribution in [1.82, 2.24) is 0 Å². The molecule has 0 heterocycles. The minimum atomic E-state index is -0.686. The Morgan fingerprint density at radius 1 is 0.737 bits per heavy atom. The van der Waals surface area contributed by atoms with Crippen LogP contribution in [-0.2, 0) is 14.3 Å². The molecule has 1 N–H and O–H groups in total. The number of unbranched alkanes of at least 4 members (excludes halogenated alkanes) is 1. The molecule has 0 aliphatic rings. The van der Waals surface area contributed by atoms with Crippen LogP contribution in [-0.4, -0.2) is 42.8 Å². The molecule has 0 bridgehead atoms. The molecule has 0 saturated carbocycles. The molecule has 0 aromatic heterocycles. The Balaban J connectivity index is 1.47. The van der Waals surface area contributed by atoms with Crippen LogP contribution in [0.15, 0.2) is 97.6 Å². The minimum Gasteiger partial charge on any atom is -0.494 e. The van der Waals surface area contributed by atoms with Crippen molar-refractivity contribution in [3.63, 3.8) is 0 Å². The Morgan fingerprint density at radius 3 is 1.82 bits per heavy atom. The number of ether oxygens (including phenoxy) is 4. The lowest BCUT2D eigenvalue weighted by Crippen LogP contribution is -2.12. The third kappa shape index (κ3) is 8.46. The van der Waals surface area contributed by atoms with Crippen LogP contribution in [0.4, 0.5) is 0 Å². The number of hydrogen-bond donors (Lipinski definition) is 1. The smallest absolute Gasteiger partial charge is 0.343 e. The highest BCUT2D eigenvalue weighted by atomic mass is 16.5. The number of carbonyl (C=O) groups is 3. The van der Waals surface area contributed by atoms with Crippen molar-refractivity contribution >= 4 is 17.9 Å². The van der Waals surface area contributed by atoms with E-state index >= 15 is 0 Å². The zero-order chi connectivity index (χ0) is 27.3. The zero-order valence-electron chi connectivity index (χ0n) is 20.8. The van der Waals surface area contributed by atoms with Crippen LogP contribution in [0, 0.1) is 0 Å². The summed E-state index contributed by atoms with van der Waals surface area (Å²) >= 11 is 0. The topological polar surface area (TPSA) is 108 Å². The van der Waals surface area contributed by atoms with E-state index in [1.54, 1.807) is 60.7 Å². The maximum Gasteiger partial charge on any atom is 0.343 e. The molecule has 0 radical (unpaired) electrons. The number of hydrogen-bond acceptors (Lipinski definition) is 8. The highest BCUT2D eigenvalue weighted by Crippen LogP contribution is 2.25. The Bertz CT molecular complexity index is 1260. The van der Waals surface area contributed by atoms with Crippen LogP contribution >= 0.6 is 0 Å². The van der Waals surface area contributed by atoms with Crippen LogP contribution in [0.25, 0.3) is 11.1 Å². The lowest BCUT2D eigenvalue weighted by molar-refractivity contribution is -0.138. The second kappa shape index (κ2) is 14.2. The van der Waals surface area contributed by atoms with E-state index in [2.05, 4.69) is 13.2 Å². The third-order valence-corrected chi connectivity index (χ3v) is 5.25. The molecule has 3 aromatic rings. The third-order valence-electron chi connectivity index (χ3n) is 5.25. The Kier molecular flexibility index (Phi) is 10.4. The normalized spacial score (nSPS) is 10.2. The van der Waals surface area contributed by atoms with Crippen molar-refractivity contribution in [2.45, 2.75) is 12.8 Å². The van der Waals surface area contributed by atoms with Gasteiger partial charge in [0.1, 0.15) is 17.2 Å². The summed E-state index contributed by atoms with van der Waals surface area (Å²) in [5.41, 5.74) is 2.10. The number of carbonyl (C=O) groups excluding carboxylic acids is 3. The van der Waals surface area contributed by atoms with Crippen LogP contribution in [0.3, 0.4) is 0 Å². The van der Waals surface area contributed by atoms with E-state index in [4.69, 9.17) is 24.1 Å². The maximum atomic E-state index is 12.5. The standard InChI is InChI=1S/C30H28O8/c1-3-28(32)36-19-5-4-18-35-25-12-10-24(11-13-25)30(34)38-27-16-8-23(9-17-27)22-6-14-26(15-7-22)37-29(33)21(2)20-31/h3,6-17,31H,1-2,4-5,18-20H2. The monoisotopic (exact) mass is 516 g/mol. The molecule has 0 unspecified atom stereocenters. The van der Waals surface area contributed by atoms with Crippen molar-refractivity contribution < 1.29 is 38.4 Å². The molecule has 38 heavy (non-hydrogen) atoms. The van der Waals surface area contributed by atoms with Gasteiger partial charge in [-0.2, -0.15) is 0 Å². The van der Waals surface area contributed by atoms with Gasteiger partial charge in [-0.15, -0.1) is 0 Å². The van der Waals surface area contributed by atoms with Crippen molar-refractivity contribution in [3.8, 4) is 28.4 Å². The minimum absolute atomic E-state index is 0.0269. The van der Waals surface area contributed by atoms with Crippen molar-refractivity contribution in [2.24, 2.45) is 0 Å². The van der Waals surface area contributed by atoms with E-state index in [0.29, 0.717) is 48.9 Å². The number of benzene rings is 3. The fraction of sp³-hybridized carbons (Fsp3) is 0.167. The first-order valence-electron chi connectivity index (χ1n) is 11.8. The van der Waals surface area contributed by atoms with Gasteiger partial charge in [0.15, 0.2) is 0 Å². The molecule has 0 saturated heterocycles. The average molecular weight is 517 g/mol. The van der Waals surface area contributed by atoms with Crippen LogP contribution in [0.5, 0.6) is 17.2 Å². The van der Waals surface area contributed by atoms with Gasteiger partial charge in [-0.3, -0.25) is 0 Å². The summed E-state index contributed by atoms with van der Waals surface area (Å²) in [7, 11) is 0. The molecule has 0 fully saturated rings. The predicted octanol–water partition coefficient (Wildman–Crippen LogP) is 4.91.